The molecule has 2 N–H and O–H groups in total. The molecule has 1 aromatic rings. The molecule has 4 heteroatoms. The average molecular weight is 316 g/mol. The van der Waals surface area contributed by atoms with Gasteiger partial charge in [-0.3, -0.25) is 0 Å². The van der Waals surface area contributed by atoms with Gasteiger partial charge in [0.25, 0.3) is 0 Å². The molecule has 0 heterocycles. The van der Waals surface area contributed by atoms with Crippen LogP contribution in [0.3, 0.4) is 0 Å². The Morgan fingerprint density at radius 1 is 1.53 bits per heavy atom. The van der Waals surface area contributed by atoms with E-state index in [2.05, 4.69) is 27.5 Å². The summed E-state index contributed by atoms with van der Waals surface area (Å²) in [6, 6.07) is 7.84. The van der Waals surface area contributed by atoms with Crippen LogP contribution in [0.2, 0.25) is 0 Å². The molecule has 94 valence electrons. The Bertz CT molecular complexity index is 381. The molecule has 1 saturated carbocycles. The number of hydrogen-bond donors (Lipinski definition) is 2. The second-order valence-corrected chi connectivity index (χ2v) is 6.78. The lowest BCUT2D eigenvalue weighted by Gasteiger charge is -2.16. The molecule has 1 aliphatic carbocycles. The van der Waals surface area contributed by atoms with Gasteiger partial charge in [0, 0.05) is 22.3 Å². The van der Waals surface area contributed by atoms with Gasteiger partial charge < -0.3 is 10.4 Å². The van der Waals surface area contributed by atoms with Crippen LogP contribution < -0.4 is 5.32 Å². The van der Waals surface area contributed by atoms with Crippen molar-refractivity contribution in [1.29, 1.82) is 0 Å². The van der Waals surface area contributed by atoms with Crippen LogP contribution in [0.1, 0.15) is 24.5 Å². The van der Waals surface area contributed by atoms with E-state index in [4.69, 9.17) is 0 Å². The van der Waals surface area contributed by atoms with Gasteiger partial charge in [0.05, 0.1) is 6.10 Å². The number of halogens is 1. The van der Waals surface area contributed by atoms with Gasteiger partial charge >= 0.3 is 0 Å². The lowest BCUT2D eigenvalue weighted by Crippen LogP contribution is -2.29. The van der Waals surface area contributed by atoms with Crippen molar-refractivity contribution in [2.75, 3.05) is 19.3 Å². The van der Waals surface area contributed by atoms with Gasteiger partial charge in [0.15, 0.2) is 0 Å². The molecule has 17 heavy (non-hydrogen) atoms. The zero-order valence-corrected chi connectivity index (χ0v) is 12.4. The molecule has 2 rings (SSSR count). The van der Waals surface area contributed by atoms with Crippen molar-refractivity contribution in [3.63, 3.8) is 0 Å². The summed E-state index contributed by atoms with van der Waals surface area (Å²) >= 11 is 5.35. The monoisotopic (exact) mass is 315 g/mol. The molecule has 2 nitrogen and oxygen atoms in total. The molecular formula is C13H18BrNOS. The van der Waals surface area contributed by atoms with E-state index in [1.807, 2.05) is 36.0 Å². The van der Waals surface area contributed by atoms with E-state index in [1.165, 1.54) is 12.8 Å². The molecule has 1 fully saturated rings. The van der Waals surface area contributed by atoms with Crippen LogP contribution in [0.25, 0.3) is 0 Å². The SMILES string of the molecule is CSC1(CNCC(O)c2cccc(Br)c2)CC1. The van der Waals surface area contributed by atoms with E-state index in [0.29, 0.717) is 11.3 Å². The summed E-state index contributed by atoms with van der Waals surface area (Å²) in [7, 11) is 0. The highest BCUT2D eigenvalue weighted by molar-refractivity contribution is 9.10. The van der Waals surface area contributed by atoms with Crippen molar-refractivity contribution in [2.24, 2.45) is 0 Å². The summed E-state index contributed by atoms with van der Waals surface area (Å²) in [6.07, 6.45) is 4.34. The molecule has 0 amide bonds. The summed E-state index contributed by atoms with van der Waals surface area (Å²) in [4.78, 5) is 0. The quantitative estimate of drug-likeness (QED) is 0.846. The Morgan fingerprint density at radius 2 is 2.29 bits per heavy atom. The highest BCUT2D eigenvalue weighted by Gasteiger charge is 2.41. The minimum atomic E-state index is -0.426. The summed E-state index contributed by atoms with van der Waals surface area (Å²) in [5.41, 5.74) is 0.959. The van der Waals surface area contributed by atoms with Crippen LogP contribution >= 0.6 is 27.7 Å². The van der Waals surface area contributed by atoms with E-state index in [1.54, 1.807) is 0 Å². The predicted octanol–water partition coefficient (Wildman–Crippen LogP) is 2.97. The van der Waals surface area contributed by atoms with Crippen molar-refractivity contribution < 1.29 is 5.11 Å². The number of rotatable bonds is 6. The smallest absolute Gasteiger partial charge is 0.0914 e. The van der Waals surface area contributed by atoms with Gasteiger partial charge in [-0.15, -0.1) is 0 Å². The number of thioether (sulfide) groups is 1. The molecule has 1 aliphatic rings. The number of hydrogen-bond acceptors (Lipinski definition) is 3. The first kappa shape index (κ1) is 13.4. The van der Waals surface area contributed by atoms with E-state index in [-0.39, 0.29) is 0 Å². The normalized spacial score (nSPS) is 19.0. The standard InChI is InChI=1S/C13H18BrNOS/c1-17-13(5-6-13)9-15-8-12(16)10-3-2-4-11(14)7-10/h2-4,7,12,15-16H,5-6,8-9H2,1H3. The first-order valence-corrected chi connectivity index (χ1v) is 7.86. The second kappa shape index (κ2) is 5.74. The average Bonchev–Trinajstić information content (AvgIpc) is 3.10. The topological polar surface area (TPSA) is 32.3 Å². The Morgan fingerprint density at radius 3 is 2.88 bits per heavy atom. The van der Waals surface area contributed by atoms with Crippen LogP contribution in [-0.2, 0) is 0 Å². The van der Waals surface area contributed by atoms with Gasteiger partial charge in [-0.1, -0.05) is 28.1 Å². The second-order valence-electron chi connectivity index (χ2n) is 4.59. The van der Waals surface area contributed by atoms with E-state index in [9.17, 15) is 5.11 Å². The largest absolute Gasteiger partial charge is 0.387 e. The Hall–Kier alpha value is -0.0300. The fourth-order valence-electron chi connectivity index (χ4n) is 1.86. The Kier molecular flexibility index (Phi) is 4.53. The zero-order chi connectivity index (χ0) is 12.3. The van der Waals surface area contributed by atoms with Crippen LogP contribution in [0.4, 0.5) is 0 Å². The minimum absolute atomic E-state index is 0.426. The van der Waals surface area contributed by atoms with Crippen molar-refractivity contribution in [3.8, 4) is 0 Å². The maximum Gasteiger partial charge on any atom is 0.0914 e. The number of aliphatic hydroxyl groups is 1. The molecule has 1 unspecified atom stereocenters. The molecule has 1 aromatic carbocycles. The van der Waals surface area contributed by atoms with Gasteiger partial charge in [-0.25, -0.2) is 0 Å². The molecule has 0 saturated heterocycles. The first-order valence-electron chi connectivity index (χ1n) is 5.85. The minimum Gasteiger partial charge on any atom is -0.387 e. The lowest BCUT2D eigenvalue weighted by atomic mass is 10.1. The molecule has 0 radical (unpaired) electrons. The van der Waals surface area contributed by atoms with Crippen molar-refractivity contribution in [3.05, 3.63) is 34.3 Å². The van der Waals surface area contributed by atoms with Crippen molar-refractivity contribution in [2.45, 2.75) is 23.7 Å². The fraction of sp³-hybridized carbons (Fsp3) is 0.538. The van der Waals surface area contributed by atoms with Crippen LogP contribution in [0.15, 0.2) is 28.7 Å². The maximum absolute atomic E-state index is 10.0. The first-order chi connectivity index (χ1) is 8.15. The maximum atomic E-state index is 10.0. The Labute approximate surface area is 115 Å². The predicted molar refractivity (Wildman–Crippen MR) is 77.5 cm³/mol. The van der Waals surface area contributed by atoms with Crippen molar-refractivity contribution >= 4 is 27.7 Å². The van der Waals surface area contributed by atoms with Crippen LogP contribution in [0, 0.1) is 0 Å². The highest BCUT2D eigenvalue weighted by Crippen LogP contribution is 2.46. The van der Waals surface area contributed by atoms with Gasteiger partial charge in [0.1, 0.15) is 0 Å². The van der Waals surface area contributed by atoms with Gasteiger partial charge in [0.2, 0.25) is 0 Å². The molecule has 0 bridgehead atoms. The number of nitrogens with one attached hydrogen (secondary N) is 1. The molecule has 1 atom stereocenters. The number of benzene rings is 1. The van der Waals surface area contributed by atoms with E-state index in [0.717, 1.165) is 16.6 Å². The molecule has 0 aromatic heterocycles. The lowest BCUT2D eigenvalue weighted by molar-refractivity contribution is 0.175. The molecular weight excluding hydrogens is 298 g/mol. The summed E-state index contributed by atoms with van der Waals surface area (Å²) in [5, 5.41) is 13.4. The summed E-state index contributed by atoms with van der Waals surface area (Å²) < 4.78 is 1.47. The Balaban J connectivity index is 1.79. The zero-order valence-electron chi connectivity index (χ0n) is 9.95. The third-order valence-electron chi connectivity index (χ3n) is 3.26. The fourth-order valence-corrected chi connectivity index (χ4v) is 3.03. The van der Waals surface area contributed by atoms with Crippen molar-refractivity contribution in [1.82, 2.24) is 5.32 Å². The summed E-state index contributed by atoms with van der Waals surface area (Å²) in [6.45, 7) is 1.62. The number of aliphatic hydroxyl groups excluding tert-OH is 1. The van der Waals surface area contributed by atoms with Gasteiger partial charge in [-0.05, 0) is 36.8 Å². The van der Waals surface area contributed by atoms with Crippen LogP contribution in [-0.4, -0.2) is 29.2 Å². The highest BCUT2D eigenvalue weighted by atomic mass is 79.9. The third kappa shape index (κ3) is 3.71. The van der Waals surface area contributed by atoms with E-state index < -0.39 is 6.10 Å². The molecule has 0 aliphatic heterocycles. The molecule has 0 spiro atoms. The summed E-state index contributed by atoms with van der Waals surface area (Å²) in [5.74, 6) is 0. The van der Waals surface area contributed by atoms with E-state index >= 15 is 0 Å². The third-order valence-corrected chi connectivity index (χ3v) is 5.17. The van der Waals surface area contributed by atoms with Crippen LogP contribution in [0.5, 0.6) is 0 Å². The van der Waals surface area contributed by atoms with Gasteiger partial charge in [-0.2, -0.15) is 11.8 Å².